The maximum Gasteiger partial charge on any atom is 0.0215 e. The minimum atomic E-state index is 0.458. The van der Waals surface area contributed by atoms with Crippen LogP contribution < -0.4 is 5.32 Å². The Morgan fingerprint density at radius 1 is 1.40 bits per heavy atom. The fourth-order valence-corrected chi connectivity index (χ4v) is 4.10. The van der Waals surface area contributed by atoms with E-state index in [0.717, 1.165) is 23.7 Å². The number of allylic oxidation sites excluding steroid dienone is 2. The van der Waals surface area contributed by atoms with Crippen LogP contribution >= 0.6 is 0 Å². The van der Waals surface area contributed by atoms with Gasteiger partial charge in [-0.3, -0.25) is 0 Å². The first-order valence-corrected chi connectivity index (χ1v) is 8.89. The third-order valence-corrected chi connectivity index (χ3v) is 5.86. The third-order valence-electron chi connectivity index (χ3n) is 5.86. The molecule has 2 aliphatic rings. The van der Waals surface area contributed by atoms with Gasteiger partial charge in [0.25, 0.3) is 0 Å². The zero-order chi connectivity index (χ0) is 14.8. The van der Waals surface area contributed by atoms with E-state index < -0.39 is 0 Å². The van der Waals surface area contributed by atoms with Crippen molar-refractivity contribution in [3.63, 3.8) is 0 Å². The maximum atomic E-state index is 4.03. The molecule has 2 aliphatic carbocycles. The van der Waals surface area contributed by atoms with Crippen LogP contribution in [0.1, 0.15) is 73.1 Å². The Labute approximate surface area is 126 Å². The molecule has 0 spiro atoms. The minimum Gasteiger partial charge on any atom is -0.311 e. The van der Waals surface area contributed by atoms with Crippen molar-refractivity contribution >= 4 is 0 Å². The molecule has 2 rings (SSSR count). The number of hydrogen-bond donors (Lipinski definition) is 1. The van der Waals surface area contributed by atoms with Gasteiger partial charge in [0.15, 0.2) is 0 Å². The lowest BCUT2D eigenvalue weighted by Crippen LogP contribution is -2.59. The fraction of sp³-hybridized carbons (Fsp3) is 0.895. The predicted octanol–water partition coefficient (Wildman–Crippen LogP) is 5.17. The van der Waals surface area contributed by atoms with E-state index in [0.29, 0.717) is 5.54 Å². The van der Waals surface area contributed by atoms with Gasteiger partial charge in [0, 0.05) is 5.54 Å². The molecule has 0 amide bonds. The van der Waals surface area contributed by atoms with Crippen molar-refractivity contribution in [2.75, 3.05) is 6.54 Å². The van der Waals surface area contributed by atoms with Gasteiger partial charge in [-0.05, 0) is 75.7 Å². The van der Waals surface area contributed by atoms with Crippen molar-refractivity contribution in [3.05, 3.63) is 11.6 Å². The van der Waals surface area contributed by atoms with Gasteiger partial charge in [-0.15, -0.1) is 0 Å². The zero-order valence-electron chi connectivity index (χ0n) is 14.3. The minimum absolute atomic E-state index is 0.458. The Balaban J connectivity index is 1.95. The van der Waals surface area contributed by atoms with Gasteiger partial charge in [0.05, 0.1) is 0 Å². The number of hydrogen-bond acceptors (Lipinski definition) is 1. The fourth-order valence-electron chi connectivity index (χ4n) is 4.10. The summed E-state index contributed by atoms with van der Waals surface area (Å²) in [4.78, 5) is 0. The van der Waals surface area contributed by atoms with E-state index in [4.69, 9.17) is 0 Å². The van der Waals surface area contributed by atoms with Gasteiger partial charge < -0.3 is 5.32 Å². The van der Waals surface area contributed by atoms with E-state index in [1.807, 2.05) is 0 Å². The summed E-state index contributed by atoms with van der Waals surface area (Å²) in [5, 5.41) is 4.03. The highest BCUT2D eigenvalue weighted by Gasteiger charge is 2.47. The first-order valence-electron chi connectivity index (χ1n) is 8.89. The maximum absolute atomic E-state index is 4.03. The van der Waals surface area contributed by atoms with Crippen LogP contribution in [0.3, 0.4) is 0 Å². The van der Waals surface area contributed by atoms with E-state index in [2.05, 4.69) is 46.0 Å². The Hall–Kier alpha value is -0.300. The summed E-state index contributed by atoms with van der Waals surface area (Å²) >= 11 is 0. The number of rotatable bonds is 8. The Morgan fingerprint density at radius 3 is 2.50 bits per heavy atom. The quantitative estimate of drug-likeness (QED) is 0.603. The molecule has 4 unspecified atom stereocenters. The molecule has 0 aromatic heterocycles. The molecular weight excluding hydrogens is 242 g/mol. The molecule has 4 atom stereocenters. The molecule has 1 heteroatoms. The standard InChI is InChI=1S/C19H35N/c1-6-16(7-2)11-18-8-9-19(18,12-14(3)4)20-13-17-10-15(17)5/h6,14-15,17-18,20H,7-13H2,1-5H3/b16-6-. The van der Waals surface area contributed by atoms with Gasteiger partial charge in [-0.2, -0.15) is 0 Å². The largest absolute Gasteiger partial charge is 0.311 e. The van der Waals surface area contributed by atoms with Crippen LogP contribution in [0.4, 0.5) is 0 Å². The van der Waals surface area contributed by atoms with Crippen molar-refractivity contribution in [2.24, 2.45) is 23.7 Å². The van der Waals surface area contributed by atoms with Crippen molar-refractivity contribution in [3.8, 4) is 0 Å². The first-order chi connectivity index (χ1) is 9.50. The van der Waals surface area contributed by atoms with E-state index in [1.165, 1.54) is 45.1 Å². The molecule has 0 aromatic carbocycles. The summed E-state index contributed by atoms with van der Waals surface area (Å²) in [5.74, 6) is 3.62. The molecule has 0 aliphatic heterocycles. The van der Waals surface area contributed by atoms with Crippen LogP contribution in [0, 0.1) is 23.7 Å². The summed E-state index contributed by atoms with van der Waals surface area (Å²) in [6.07, 6.45) is 10.5. The molecule has 0 saturated heterocycles. The average Bonchev–Trinajstić information content (AvgIpc) is 3.10. The molecule has 0 bridgehead atoms. The molecule has 116 valence electrons. The Morgan fingerprint density at radius 2 is 2.10 bits per heavy atom. The van der Waals surface area contributed by atoms with Gasteiger partial charge in [-0.1, -0.05) is 39.3 Å². The first kappa shape index (κ1) is 16.1. The van der Waals surface area contributed by atoms with Gasteiger partial charge in [-0.25, -0.2) is 0 Å². The summed E-state index contributed by atoms with van der Waals surface area (Å²) in [6, 6.07) is 0. The Kier molecular flexibility index (Phi) is 5.34. The lowest BCUT2D eigenvalue weighted by Gasteiger charge is -2.52. The normalized spacial score (nSPS) is 37.1. The third kappa shape index (κ3) is 3.67. The summed E-state index contributed by atoms with van der Waals surface area (Å²) in [5.41, 5.74) is 2.12. The molecule has 1 nitrogen and oxygen atoms in total. The second-order valence-corrected chi connectivity index (χ2v) is 7.85. The van der Waals surface area contributed by atoms with E-state index in [-0.39, 0.29) is 0 Å². The van der Waals surface area contributed by atoms with Crippen molar-refractivity contribution in [1.82, 2.24) is 5.32 Å². The van der Waals surface area contributed by atoms with E-state index in [1.54, 1.807) is 5.57 Å². The topological polar surface area (TPSA) is 12.0 Å². The lowest BCUT2D eigenvalue weighted by atomic mass is 9.61. The van der Waals surface area contributed by atoms with Gasteiger partial charge in [0.1, 0.15) is 0 Å². The molecule has 1 N–H and O–H groups in total. The van der Waals surface area contributed by atoms with Gasteiger partial charge in [0.2, 0.25) is 0 Å². The van der Waals surface area contributed by atoms with Crippen molar-refractivity contribution in [1.29, 1.82) is 0 Å². The van der Waals surface area contributed by atoms with Crippen molar-refractivity contribution in [2.45, 2.75) is 78.7 Å². The second kappa shape index (κ2) is 6.64. The predicted molar refractivity (Wildman–Crippen MR) is 88.8 cm³/mol. The summed E-state index contributed by atoms with van der Waals surface area (Å²) in [7, 11) is 0. The molecule has 0 aromatic rings. The van der Waals surface area contributed by atoms with Crippen LogP contribution in [0.15, 0.2) is 11.6 Å². The van der Waals surface area contributed by atoms with Gasteiger partial charge >= 0.3 is 0 Å². The van der Waals surface area contributed by atoms with Crippen LogP contribution in [-0.4, -0.2) is 12.1 Å². The average molecular weight is 277 g/mol. The van der Waals surface area contributed by atoms with Crippen molar-refractivity contribution < 1.29 is 0 Å². The number of nitrogens with one attached hydrogen (secondary N) is 1. The highest BCUT2D eigenvalue weighted by molar-refractivity contribution is 5.11. The molecular formula is C19H35N. The van der Waals surface area contributed by atoms with E-state index >= 15 is 0 Å². The molecule has 0 radical (unpaired) electrons. The smallest absolute Gasteiger partial charge is 0.0215 e. The summed E-state index contributed by atoms with van der Waals surface area (Å²) in [6.45, 7) is 12.9. The SMILES string of the molecule is C/C=C(/CC)CC1CCC1(CC(C)C)NCC1CC1C. The highest BCUT2D eigenvalue weighted by Crippen LogP contribution is 2.47. The molecule has 2 saturated carbocycles. The van der Waals surface area contributed by atoms with Crippen LogP contribution in [0.5, 0.6) is 0 Å². The lowest BCUT2D eigenvalue weighted by molar-refractivity contribution is 0.0574. The highest BCUT2D eigenvalue weighted by atomic mass is 15.0. The second-order valence-electron chi connectivity index (χ2n) is 7.85. The molecule has 0 heterocycles. The van der Waals surface area contributed by atoms with E-state index in [9.17, 15) is 0 Å². The van der Waals surface area contributed by atoms with Crippen LogP contribution in [0.2, 0.25) is 0 Å². The molecule has 20 heavy (non-hydrogen) atoms. The van der Waals surface area contributed by atoms with Crippen LogP contribution in [0.25, 0.3) is 0 Å². The molecule has 2 fully saturated rings. The monoisotopic (exact) mass is 277 g/mol. The van der Waals surface area contributed by atoms with Crippen LogP contribution in [-0.2, 0) is 0 Å². The zero-order valence-corrected chi connectivity index (χ0v) is 14.3. The summed E-state index contributed by atoms with van der Waals surface area (Å²) < 4.78 is 0. The Bertz CT molecular complexity index is 344.